The summed E-state index contributed by atoms with van der Waals surface area (Å²) in [6, 6.07) is 13.2. The van der Waals surface area contributed by atoms with E-state index >= 15 is 0 Å². The topological polar surface area (TPSA) is 35.2 Å². The third-order valence-corrected chi connectivity index (χ3v) is 3.09. The molecular formula is C13H11BrClNO. The summed E-state index contributed by atoms with van der Waals surface area (Å²) in [5.74, 6) is 0.642. The smallest absolute Gasteiger partial charge is 0.138 e. The maximum Gasteiger partial charge on any atom is 0.138 e. The number of hydrogen-bond donors (Lipinski definition) is 1. The summed E-state index contributed by atoms with van der Waals surface area (Å²) >= 11 is 9.39. The summed E-state index contributed by atoms with van der Waals surface area (Å²) in [5, 5.41) is 0.530. The first-order valence-corrected chi connectivity index (χ1v) is 6.24. The highest BCUT2D eigenvalue weighted by molar-refractivity contribution is 9.10. The zero-order chi connectivity index (χ0) is 12.3. The highest BCUT2D eigenvalue weighted by atomic mass is 79.9. The average molecular weight is 313 g/mol. The highest BCUT2D eigenvalue weighted by Gasteiger charge is 2.02. The van der Waals surface area contributed by atoms with Gasteiger partial charge in [-0.05, 0) is 35.9 Å². The fraction of sp³-hybridized carbons (Fsp3) is 0.0769. The normalized spacial score (nSPS) is 10.2. The second-order valence-electron chi connectivity index (χ2n) is 3.61. The maximum absolute atomic E-state index is 6.01. The van der Waals surface area contributed by atoms with Gasteiger partial charge in [0.15, 0.2) is 0 Å². The summed E-state index contributed by atoms with van der Waals surface area (Å²) in [7, 11) is 0. The quantitative estimate of drug-likeness (QED) is 0.859. The fourth-order valence-corrected chi connectivity index (χ4v) is 1.88. The predicted octanol–water partition coefficient (Wildman–Crippen LogP) is 4.26. The second kappa shape index (κ2) is 5.43. The van der Waals surface area contributed by atoms with Crippen LogP contribution in [0.4, 0.5) is 5.69 Å². The van der Waals surface area contributed by atoms with Gasteiger partial charge in [-0.25, -0.2) is 0 Å². The monoisotopic (exact) mass is 311 g/mol. The minimum absolute atomic E-state index is 0.483. The summed E-state index contributed by atoms with van der Waals surface area (Å²) in [6.45, 7) is 0.483. The van der Waals surface area contributed by atoms with E-state index in [1.54, 1.807) is 18.2 Å². The van der Waals surface area contributed by atoms with E-state index in [4.69, 9.17) is 22.1 Å². The van der Waals surface area contributed by atoms with Gasteiger partial charge in [-0.1, -0.05) is 39.7 Å². The van der Waals surface area contributed by atoms with Crippen LogP contribution in [0.2, 0.25) is 5.02 Å². The Kier molecular flexibility index (Phi) is 3.92. The van der Waals surface area contributed by atoms with Gasteiger partial charge in [0, 0.05) is 10.2 Å². The molecule has 17 heavy (non-hydrogen) atoms. The molecule has 0 bridgehead atoms. The molecule has 2 rings (SSSR count). The molecule has 0 heterocycles. The first-order chi connectivity index (χ1) is 8.15. The number of rotatable bonds is 3. The number of nitrogens with two attached hydrogens (primary N) is 1. The molecule has 0 aliphatic rings. The van der Waals surface area contributed by atoms with Crippen molar-refractivity contribution in [1.29, 1.82) is 0 Å². The van der Waals surface area contributed by atoms with E-state index in [0.717, 1.165) is 10.0 Å². The average Bonchev–Trinajstić information content (AvgIpc) is 2.30. The Bertz CT molecular complexity index is 513. The number of ether oxygens (including phenoxy) is 1. The molecule has 0 fully saturated rings. The number of nitrogen functional groups attached to an aromatic ring is 1. The Hall–Kier alpha value is -1.19. The summed E-state index contributed by atoms with van der Waals surface area (Å²) < 4.78 is 6.66. The lowest BCUT2D eigenvalue weighted by atomic mass is 10.2. The molecule has 0 aliphatic heterocycles. The lowest BCUT2D eigenvalue weighted by Gasteiger charge is -2.08. The molecule has 0 spiro atoms. The van der Waals surface area contributed by atoms with Crippen LogP contribution in [-0.4, -0.2) is 0 Å². The SMILES string of the molecule is Nc1ccc(OCc2ccc(Br)cc2)c(Cl)c1. The molecule has 2 N–H and O–H groups in total. The Morgan fingerprint density at radius 1 is 1.12 bits per heavy atom. The maximum atomic E-state index is 6.01. The summed E-state index contributed by atoms with van der Waals surface area (Å²) in [6.07, 6.45) is 0. The molecule has 2 aromatic rings. The van der Waals surface area contributed by atoms with Crippen LogP contribution in [0.1, 0.15) is 5.56 Å². The Morgan fingerprint density at radius 3 is 2.47 bits per heavy atom. The lowest BCUT2D eigenvalue weighted by Crippen LogP contribution is -1.96. The molecule has 0 saturated heterocycles. The lowest BCUT2D eigenvalue weighted by molar-refractivity contribution is 0.306. The van der Waals surface area contributed by atoms with Gasteiger partial charge < -0.3 is 10.5 Å². The van der Waals surface area contributed by atoms with Crippen molar-refractivity contribution in [3.8, 4) is 5.75 Å². The van der Waals surface area contributed by atoms with Gasteiger partial charge in [-0.3, -0.25) is 0 Å². The molecule has 0 saturated carbocycles. The minimum Gasteiger partial charge on any atom is -0.487 e. The van der Waals surface area contributed by atoms with Crippen LogP contribution in [0.15, 0.2) is 46.9 Å². The number of hydrogen-bond acceptors (Lipinski definition) is 2. The second-order valence-corrected chi connectivity index (χ2v) is 4.93. The molecule has 0 unspecified atom stereocenters. The van der Waals surface area contributed by atoms with E-state index in [1.165, 1.54) is 0 Å². The highest BCUT2D eigenvalue weighted by Crippen LogP contribution is 2.27. The van der Waals surface area contributed by atoms with Gasteiger partial charge in [0.2, 0.25) is 0 Å². The van der Waals surface area contributed by atoms with Gasteiger partial charge in [0.1, 0.15) is 12.4 Å². The van der Waals surface area contributed by atoms with Crippen molar-refractivity contribution < 1.29 is 4.74 Å². The van der Waals surface area contributed by atoms with Crippen molar-refractivity contribution >= 4 is 33.2 Å². The molecule has 0 aromatic heterocycles. The van der Waals surface area contributed by atoms with E-state index in [-0.39, 0.29) is 0 Å². The Labute approximate surface area is 113 Å². The van der Waals surface area contributed by atoms with Gasteiger partial charge in [-0.2, -0.15) is 0 Å². The van der Waals surface area contributed by atoms with Crippen LogP contribution in [-0.2, 0) is 6.61 Å². The van der Waals surface area contributed by atoms with E-state index < -0.39 is 0 Å². The van der Waals surface area contributed by atoms with Gasteiger partial charge >= 0.3 is 0 Å². The first kappa shape index (κ1) is 12.3. The van der Waals surface area contributed by atoms with Crippen molar-refractivity contribution in [1.82, 2.24) is 0 Å². The molecule has 0 radical (unpaired) electrons. The third-order valence-electron chi connectivity index (χ3n) is 2.26. The van der Waals surface area contributed by atoms with E-state index in [1.807, 2.05) is 24.3 Å². The Morgan fingerprint density at radius 2 is 1.82 bits per heavy atom. The van der Waals surface area contributed by atoms with Gasteiger partial charge in [-0.15, -0.1) is 0 Å². The fourth-order valence-electron chi connectivity index (χ4n) is 1.38. The molecule has 88 valence electrons. The Balaban J connectivity index is 2.04. The van der Waals surface area contributed by atoms with Crippen molar-refractivity contribution in [2.24, 2.45) is 0 Å². The van der Waals surface area contributed by atoms with Gasteiger partial charge in [0.25, 0.3) is 0 Å². The van der Waals surface area contributed by atoms with Crippen LogP contribution in [0.5, 0.6) is 5.75 Å². The zero-order valence-electron chi connectivity index (χ0n) is 8.99. The molecule has 0 atom stereocenters. The van der Waals surface area contributed by atoms with Crippen molar-refractivity contribution in [2.75, 3.05) is 5.73 Å². The van der Waals surface area contributed by atoms with Crippen molar-refractivity contribution in [3.05, 3.63) is 57.5 Å². The molecule has 2 nitrogen and oxygen atoms in total. The van der Waals surface area contributed by atoms with E-state index in [9.17, 15) is 0 Å². The molecule has 4 heteroatoms. The summed E-state index contributed by atoms with van der Waals surface area (Å²) in [5.41, 5.74) is 7.32. The van der Waals surface area contributed by atoms with Gasteiger partial charge in [0.05, 0.1) is 5.02 Å². The third kappa shape index (κ3) is 3.38. The van der Waals surface area contributed by atoms with Crippen LogP contribution in [0.3, 0.4) is 0 Å². The standard InChI is InChI=1S/C13H11BrClNO/c14-10-3-1-9(2-4-10)8-17-13-6-5-11(16)7-12(13)15/h1-7H,8,16H2. The molecule has 2 aromatic carbocycles. The first-order valence-electron chi connectivity index (χ1n) is 5.07. The minimum atomic E-state index is 0.483. The largest absolute Gasteiger partial charge is 0.487 e. The zero-order valence-corrected chi connectivity index (χ0v) is 11.3. The summed E-state index contributed by atoms with van der Waals surface area (Å²) in [4.78, 5) is 0. The van der Waals surface area contributed by atoms with Crippen LogP contribution < -0.4 is 10.5 Å². The van der Waals surface area contributed by atoms with Crippen LogP contribution in [0.25, 0.3) is 0 Å². The molecular weight excluding hydrogens is 302 g/mol. The van der Waals surface area contributed by atoms with Crippen LogP contribution in [0, 0.1) is 0 Å². The predicted molar refractivity (Wildman–Crippen MR) is 74.3 cm³/mol. The van der Waals surface area contributed by atoms with E-state index in [0.29, 0.717) is 23.1 Å². The van der Waals surface area contributed by atoms with Crippen molar-refractivity contribution in [3.63, 3.8) is 0 Å². The molecule has 0 aliphatic carbocycles. The number of halogens is 2. The van der Waals surface area contributed by atoms with Crippen LogP contribution >= 0.6 is 27.5 Å². The number of anilines is 1. The van der Waals surface area contributed by atoms with Crippen molar-refractivity contribution in [2.45, 2.75) is 6.61 Å². The van der Waals surface area contributed by atoms with E-state index in [2.05, 4.69) is 15.9 Å². The number of benzene rings is 2. The molecule has 0 amide bonds.